The number of amides is 2. The van der Waals surface area contributed by atoms with Crippen molar-refractivity contribution >= 4 is 17.5 Å². The number of carbonyl (C=O) groups is 2. The van der Waals surface area contributed by atoms with E-state index in [-0.39, 0.29) is 18.7 Å². The summed E-state index contributed by atoms with van der Waals surface area (Å²) in [5.74, 6) is 0.384. The third kappa shape index (κ3) is 12.7. The first-order valence-corrected chi connectivity index (χ1v) is 20.9. The van der Waals surface area contributed by atoms with Crippen LogP contribution in [0.5, 0.6) is 11.5 Å². The standard InChI is InChI=1S/C47H54F3N5O4/c1-2-3-4-5-6-7-8-9-10-11-28-51-46(57)45-38-15-12-14-37(32-38)36-18-26-43(27-19-36)59-34-40-33-54(53-52-40)29-13-30-58-42-24-16-35(17-25-42)31-44(56)55(45)41-22-20-39(21-23-41)47(48,49)50/h12,14-27,32-33,45H,2-11,13,28-31,34H2,1H3,(H,51,57). The molecule has 9 nitrogen and oxygen atoms in total. The van der Waals surface area contributed by atoms with Crippen LogP contribution >= 0.6 is 0 Å². The molecule has 1 N–H and O–H groups in total. The van der Waals surface area contributed by atoms with Crippen LogP contribution in [0.2, 0.25) is 0 Å². The number of anilines is 1. The highest BCUT2D eigenvalue weighted by Gasteiger charge is 2.35. The van der Waals surface area contributed by atoms with Crippen molar-refractivity contribution in [3.8, 4) is 22.6 Å². The number of nitrogens with zero attached hydrogens (tertiary/aromatic N) is 4. The number of hydrogen-bond acceptors (Lipinski definition) is 6. The molecule has 0 spiro atoms. The van der Waals surface area contributed by atoms with Crippen molar-refractivity contribution in [2.45, 2.75) is 109 Å². The van der Waals surface area contributed by atoms with Gasteiger partial charge in [0.05, 0.1) is 24.8 Å². The third-order valence-corrected chi connectivity index (χ3v) is 10.5. The Morgan fingerprint density at radius 3 is 2.15 bits per heavy atom. The number of aromatic nitrogens is 3. The molecule has 312 valence electrons. The van der Waals surface area contributed by atoms with Crippen LogP contribution in [-0.4, -0.2) is 40.0 Å². The molecule has 1 aromatic heterocycles. The van der Waals surface area contributed by atoms with Gasteiger partial charge in [0.25, 0.3) is 0 Å². The van der Waals surface area contributed by atoms with E-state index in [0.29, 0.717) is 54.4 Å². The van der Waals surface area contributed by atoms with Gasteiger partial charge in [0.1, 0.15) is 29.8 Å². The molecule has 5 heterocycles. The van der Waals surface area contributed by atoms with E-state index in [1.54, 1.807) is 35.0 Å². The van der Waals surface area contributed by atoms with Gasteiger partial charge < -0.3 is 14.8 Å². The number of aryl methyl sites for hydroxylation is 1. The lowest BCUT2D eigenvalue weighted by Crippen LogP contribution is -2.45. The Balaban J connectivity index is 1.30. The van der Waals surface area contributed by atoms with Crippen LogP contribution in [0.15, 0.2) is 103 Å². The van der Waals surface area contributed by atoms with Crippen molar-refractivity contribution in [3.63, 3.8) is 0 Å². The molecular weight excluding hydrogens is 756 g/mol. The molecule has 0 fully saturated rings. The van der Waals surface area contributed by atoms with Crippen molar-refractivity contribution in [2.24, 2.45) is 0 Å². The summed E-state index contributed by atoms with van der Waals surface area (Å²) in [5.41, 5.74) is 2.82. The van der Waals surface area contributed by atoms with Gasteiger partial charge in [0.15, 0.2) is 0 Å². The summed E-state index contributed by atoms with van der Waals surface area (Å²) in [7, 11) is 0. The molecule has 5 aromatic rings. The summed E-state index contributed by atoms with van der Waals surface area (Å²) in [5, 5.41) is 11.5. The molecule has 8 bridgehead atoms. The lowest BCUT2D eigenvalue weighted by atomic mass is 9.96. The van der Waals surface area contributed by atoms with Crippen LogP contribution < -0.4 is 19.7 Å². The van der Waals surface area contributed by atoms with Crippen molar-refractivity contribution in [1.82, 2.24) is 20.3 Å². The Morgan fingerprint density at radius 2 is 1.46 bits per heavy atom. The number of unbranched alkanes of at least 4 members (excludes halogenated alkanes) is 9. The number of alkyl halides is 3. The molecule has 4 aromatic carbocycles. The third-order valence-electron chi connectivity index (χ3n) is 10.5. The molecule has 1 unspecified atom stereocenters. The Hall–Kier alpha value is -5.65. The van der Waals surface area contributed by atoms with E-state index >= 15 is 0 Å². The van der Waals surface area contributed by atoms with Crippen molar-refractivity contribution in [2.75, 3.05) is 18.1 Å². The fourth-order valence-electron chi connectivity index (χ4n) is 7.27. The zero-order valence-corrected chi connectivity index (χ0v) is 33.8. The van der Waals surface area contributed by atoms with E-state index in [2.05, 4.69) is 22.6 Å². The van der Waals surface area contributed by atoms with E-state index in [9.17, 15) is 22.8 Å². The van der Waals surface area contributed by atoms with Gasteiger partial charge in [-0.3, -0.25) is 19.2 Å². The summed E-state index contributed by atoms with van der Waals surface area (Å²) < 4.78 is 54.9. The van der Waals surface area contributed by atoms with Crippen LogP contribution in [0, 0.1) is 0 Å². The van der Waals surface area contributed by atoms with E-state index in [4.69, 9.17) is 9.47 Å². The summed E-state index contributed by atoms with van der Waals surface area (Å²) in [6.07, 6.45) is 9.29. The van der Waals surface area contributed by atoms with E-state index < -0.39 is 29.6 Å². The zero-order chi connectivity index (χ0) is 41.5. The molecule has 0 aliphatic carbocycles. The topological polar surface area (TPSA) is 98.6 Å². The Bertz CT molecular complexity index is 2070. The molecule has 0 radical (unpaired) electrons. The van der Waals surface area contributed by atoms with Gasteiger partial charge in [-0.15, -0.1) is 5.10 Å². The largest absolute Gasteiger partial charge is 0.494 e. The summed E-state index contributed by atoms with van der Waals surface area (Å²) in [6, 6.07) is 25.2. The number of ether oxygens (including phenoxy) is 2. The predicted molar refractivity (Wildman–Crippen MR) is 223 cm³/mol. The first-order chi connectivity index (χ1) is 28.7. The minimum absolute atomic E-state index is 0.112. The van der Waals surface area contributed by atoms with Gasteiger partial charge >= 0.3 is 6.18 Å². The number of benzene rings is 4. The highest BCUT2D eigenvalue weighted by atomic mass is 19.4. The number of halogens is 3. The van der Waals surface area contributed by atoms with Gasteiger partial charge in [0.2, 0.25) is 11.8 Å². The highest BCUT2D eigenvalue weighted by Crippen LogP contribution is 2.35. The maximum Gasteiger partial charge on any atom is 0.416 e. The zero-order valence-electron chi connectivity index (χ0n) is 33.8. The fourth-order valence-corrected chi connectivity index (χ4v) is 7.27. The fraction of sp³-hybridized carbons (Fsp3) is 0.404. The van der Waals surface area contributed by atoms with Gasteiger partial charge in [0, 0.05) is 25.2 Å². The monoisotopic (exact) mass is 809 g/mol. The molecule has 0 saturated carbocycles. The minimum Gasteiger partial charge on any atom is -0.494 e. The molecule has 2 amide bonds. The number of carbonyl (C=O) groups excluding carboxylic acids is 2. The lowest BCUT2D eigenvalue weighted by molar-refractivity contribution is -0.137. The van der Waals surface area contributed by atoms with Crippen LogP contribution in [0.25, 0.3) is 11.1 Å². The minimum atomic E-state index is -4.58. The average Bonchev–Trinajstić information content (AvgIpc) is 3.70. The van der Waals surface area contributed by atoms with Gasteiger partial charge in [-0.2, -0.15) is 13.2 Å². The highest BCUT2D eigenvalue weighted by molar-refractivity contribution is 6.02. The van der Waals surface area contributed by atoms with Crippen molar-refractivity contribution < 1.29 is 32.2 Å². The molecule has 59 heavy (non-hydrogen) atoms. The van der Waals surface area contributed by atoms with Crippen LogP contribution in [-0.2, 0) is 35.3 Å². The Morgan fingerprint density at radius 1 is 0.797 bits per heavy atom. The Labute approximate surface area is 344 Å². The first kappa shape index (κ1) is 42.9. The van der Waals surface area contributed by atoms with Crippen LogP contribution in [0.4, 0.5) is 18.9 Å². The molecule has 12 heteroatoms. The maximum atomic E-state index is 14.6. The second-order valence-electron chi connectivity index (χ2n) is 15.1. The SMILES string of the molecule is CCCCCCCCCCCCNC(=O)C1c2cccc(c2)-c2ccc(cc2)OCc2cn(nn2)CCCOc2ccc(cc2)CC(=O)N1c1ccc(C(F)(F)F)cc1. The first-order valence-electron chi connectivity index (χ1n) is 20.9. The molecule has 4 aliphatic heterocycles. The van der Waals surface area contributed by atoms with E-state index in [0.717, 1.165) is 48.9 Å². The van der Waals surface area contributed by atoms with Crippen molar-refractivity contribution in [3.05, 3.63) is 126 Å². The van der Waals surface area contributed by atoms with Gasteiger partial charge in [-0.25, -0.2) is 0 Å². The average molecular weight is 810 g/mol. The molecule has 0 saturated heterocycles. The van der Waals surface area contributed by atoms with Gasteiger partial charge in [-0.05, 0) is 83.3 Å². The van der Waals surface area contributed by atoms with Crippen LogP contribution in [0.1, 0.15) is 106 Å². The second-order valence-corrected chi connectivity index (χ2v) is 15.1. The summed E-state index contributed by atoms with van der Waals surface area (Å²) in [4.78, 5) is 30.4. The smallest absolute Gasteiger partial charge is 0.416 e. The molecular formula is C47H54F3N5O4. The van der Waals surface area contributed by atoms with Crippen LogP contribution in [0.3, 0.4) is 0 Å². The normalized spacial score (nSPS) is 15.0. The number of hydrogen-bond donors (Lipinski definition) is 1. The van der Waals surface area contributed by atoms with Gasteiger partial charge in [-0.1, -0.05) is 112 Å². The number of nitrogens with one attached hydrogen (secondary N) is 1. The quantitative estimate of drug-likeness (QED) is 0.119. The van der Waals surface area contributed by atoms with Crippen molar-refractivity contribution in [1.29, 1.82) is 0 Å². The second kappa shape index (κ2) is 21.4. The van der Waals surface area contributed by atoms with E-state index in [1.165, 1.54) is 55.6 Å². The summed E-state index contributed by atoms with van der Waals surface area (Å²) in [6.45, 7) is 3.88. The predicted octanol–water partition coefficient (Wildman–Crippen LogP) is 10.7. The molecule has 4 aliphatic rings. The molecule has 1 atom stereocenters. The molecule has 9 rings (SSSR count). The maximum absolute atomic E-state index is 14.6. The summed E-state index contributed by atoms with van der Waals surface area (Å²) >= 11 is 0. The lowest BCUT2D eigenvalue weighted by Gasteiger charge is -2.32. The van der Waals surface area contributed by atoms with E-state index in [1.807, 2.05) is 48.7 Å². The Kier molecular flexibility index (Phi) is 15.6. The number of rotatable bonds is 13.